The lowest BCUT2D eigenvalue weighted by molar-refractivity contribution is -0.162. The van der Waals surface area contributed by atoms with Gasteiger partial charge in [-0.05, 0) is 43.0 Å². The van der Waals surface area contributed by atoms with Crippen LogP contribution >= 0.6 is 11.6 Å². The van der Waals surface area contributed by atoms with Gasteiger partial charge in [0.2, 0.25) is 5.88 Å². The Balaban J connectivity index is 2.47. The molecule has 2 rings (SSSR count). The number of rotatable bonds is 12. The number of nitrogens with zero attached hydrogens (tertiary/aromatic N) is 1. The van der Waals surface area contributed by atoms with Gasteiger partial charge in [0, 0.05) is 10.4 Å². The Labute approximate surface area is 198 Å². The second kappa shape index (κ2) is 13.0. The maximum atomic E-state index is 12.8. The first-order chi connectivity index (χ1) is 15.9. The van der Waals surface area contributed by atoms with Crippen LogP contribution in [0.15, 0.2) is 18.2 Å². The Bertz CT molecular complexity index is 970. The average molecular weight is 480 g/mol. The lowest BCUT2D eigenvalue weighted by Gasteiger charge is -2.17. The number of carbonyl (C=O) groups is 3. The predicted molar refractivity (Wildman–Crippen MR) is 124 cm³/mol. The normalized spacial score (nSPS) is 10.8. The third-order valence-electron chi connectivity index (χ3n) is 5.00. The largest absolute Gasteiger partial charge is 0.480 e. The fourth-order valence-corrected chi connectivity index (χ4v) is 3.44. The molecule has 1 aromatic carbocycles. The summed E-state index contributed by atoms with van der Waals surface area (Å²) in [5.41, 5.74) is 1.10. The molecule has 0 aliphatic rings. The fraction of sp³-hybridized carbons (Fsp3) is 0.500. The van der Waals surface area contributed by atoms with E-state index in [0.717, 1.165) is 12.8 Å². The van der Waals surface area contributed by atoms with Crippen molar-refractivity contribution < 1.29 is 33.3 Å². The number of fused-ring (bicyclic) bond motifs is 1. The van der Waals surface area contributed by atoms with Crippen LogP contribution in [-0.2, 0) is 30.2 Å². The van der Waals surface area contributed by atoms with E-state index in [0.29, 0.717) is 34.3 Å². The van der Waals surface area contributed by atoms with E-state index >= 15 is 0 Å². The number of unbranched alkanes of at least 4 members (excludes halogenated alkanes) is 2. The predicted octanol–water partition coefficient (Wildman–Crippen LogP) is 4.53. The number of halogens is 1. The lowest BCUT2D eigenvalue weighted by atomic mass is 9.96. The summed E-state index contributed by atoms with van der Waals surface area (Å²) in [4.78, 5) is 42.1. The highest BCUT2D eigenvalue weighted by Gasteiger charge is 2.31. The van der Waals surface area contributed by atoms with Gasteiger partial charge in [0.15, 0.2) is 5.92 Å². The Hall–Kier alpha value is -2.87. The zero-order chi connectivity index (χ0) is 24.4. The maximum absolute atomic E-state index is 12.8. The Morgan fingerprint density at radius 2 is 1.58 bits per heavy atom. The summed E-state index contributed by atoms with van der Waals surface area (Å²) in [6.07, 6.45) is 3.06. The molecule has 0 aliphatic carbocycles. The molecule has 0 aliphatic heterocycles. The highest BCUT2D eigenvalue weighted by atomic mass is 35.5. The van der Waals surface area contributed by atoms with E-state index in [1.165, 1.54) is 14.2 Å². The van der Waals surface area contributed by atoms with Crippen molar-refractivity contribution in [1.29, 1.82) is 0 Å². The maximum Gasteiger partial charge on any atom is 0.343 e. The van der Waals surface area contributed by atoms with Crippen LogP contribution in [0.25, 0.3) is 10.9 Å². The summed E-state index contributed by atoms with van der Waals surface area (Å²) < 4.78 is 20.7. The molecule has 0 fully saturated rings. The van der Waals surface area contributed by atoms with Crippen molar-refractivity contribution in [2.24, 2.45) is 5.92 Å². The zero-order valence-corrected chi connectivity index (χ0v) is 20.2. The molecule has 0 spiro atoms. The standard InChI is InChI=1S/C24H30ClNO7/c1-5-7-9-32-23(28)19(24(29)33-10-8-6-2)14-16-12-17(25)11-15-13-18(22(27)31-4)21(30-3)26-20(15)16/h11-13,19H,5-10,14H2,1-4H3. The van der Waals surface area contributed by atoms with Gasteiger partial charge >= 0.3 is 17.9 Å². The van der Waals surface area contributed by atoms with Crippen molar-refractivity contribution in [3.8, 4) is 5.88 Å². The van der Waals surface area contributed by atoms with Crippen molar-refractivity contribution in [3.63, 3.8) is 0 Å². The van der Waals surface area contributed by atoms with Crippen LogP contribution in [-0.4, -0.2) is 50.3 Å². The highest BCUT2D eigenvalue weighted by molar-refractivity contribution is 6.31. The summed E-state index contributed by atoms with van der Waals surface area (Å²) in [6.45, 7) is 4.39. The van der Waals surface area contributed by atoms with E-state index in [1.54, 1.807) is 18.2 Å². The number of hydrogen-bond donors (Lipinski definition) is 0. The van der Waals surface area contributed by atoms with Crippen LogP contribution < -0.4 is 4.74 Å². The molecule has 0 atom stereocenters. The molecule has 9 heteroatoms. The van der Waals surface area contributed by atoms with Crippen LogP contribution in [0.5, 0.6) is 5.88 Å². The smallest absolute Gasteiger partial charge is 0.343 e. The molecule has 8 nitrogen and oxygen atoms in total. The SMILES string of the molecule is CCCCOC(=O)C(Cc1cc(Cl)cc2cc(C(=O)OC)c(OC)nc12)C(=O)OCCCC. The molecule has 0 saturated carbocycles. The van der Waals surface area contributed by atoms with Gasteiger partial charge in [0.05, 0.1) is 33.0 Å². The van der Waals surface area contributed by atoms with E-state index < -0.39 is 23.8 Å². The topological polar surface area (TPSA) is 101 Å². The van der Waals surface area contributed by atoms with E-state index in [2.05, 4.69) is 4.98 Å². The van der Waals surface area contributed by atoms with Gasteiger partial charge in [-0.3, -0.25) is 9.59 Å². The van der Waals surface area contributed by atoms with Gasteiger partial charge in [-0.2, -0.15) is 0 Å². The molecule has 0 bridgehead atoms. The molecular weight excluding hydrogens is 450 g/mol. The van der Waals surface area contributed by atoms with Gasteiger partial charge in [-0.25, -0.2) is 9.78 Å². The number of benzene rings is 1. The Kier molecular flexibility index (Phi) is 10.4. The monoisotopic (exact) mass is 479 g/mol. The number of pyridine rings is 1. The summed E-state index contributed by atoms with van der Waals surface area (Å²) in [7, 11) is 2.64. The molecule has 1 heterocycles. The van der Waals surface area contributed by atoms with E-state index in [4.69, 9.17) is 30.5 Å². The second-order valence-electron chi connectivity index (χ2n) is 7.47. The minimum absolute atomic E-state index is 0.0271. The Morgan fingerprint density at radius 1 is 0.970 bits per heavy atom. The Morgan fingerprint density at radius 3 is 2.09 bits per heavy atom. The first kappa shape index (κ1) is 26.4. The number of carbonyl (C=O) groups excluding carboxylic acids is 3. The minimum Gasteiger partial charge on any atom is -0.480 e. The number of hydrogen-bond acceptors (Lipinski definition) is 8. The average Bonchev–Trinajstić information content (AvgIpc) is 2.81. The van der Waals surface area contributed by atoms with Gasteiger partial charge in [0.25, 0.3) is 0 Å². The number of esters is 3. The quantitative estimate of drug-likeness (QED) is 0.189. The fourth-order valence-electron chi connectivity index (χ4n) is 3.19. The summed E-state index contributed by atoms with van der Waals surface area (Å²) in [5, 5.41) is 0.897. The number of aromatic nitrogens is 1. The first-order valence-corrected chi connectivity index (χ1v) is 11.3. The molecule has 0 saturated heterocycles. The summed E-state index contributed by atoms with van der Waals surface area (Å²) in [5.74, 6) is -3.04. The van der Waals surface area contributed by atoms with Crippen LogP contribution in [0.4, 0.5) is 0 Å². The molecule has 0 radical (unpaired) electrons. The second-order valence-corrected chi connectivity index (χ2v) is 7.91. The van der Waals surface area contributed by atoms with Crippen LogP contribution in [0.3, 0.4) is 0 Å². The van der Waals surface area contributed by atoms with Crippen LogP contribution in [0.1, 0.15) is 55.5 Å². The van der Waals surface area contributed by atoms with E-state index in [-0.39, 0.29) is 31.1 Å². The van der Waals surface area contributed by atoms with Crippen LogP contribution in [0, 0.1) is 5.92 Å². The van der Waals surface area contributed by atoms with E-state index in [1.807, 2.05) is 13.8 Å². The van der Waals surface area contributed by atoms with Gasteiger partial charge in [0.1, 0.15) is 5.56 Å². The number of methoxy groups -OCH3 is 2. The molecule has 0 N–H and O–H groups in total. The molecule has 0 unspecified atom stereocenters. The van der Waals surface area contributed by atoms with Crippen molar-refractivity contribution in [2.45, 2.75) is 46.0 Å². The molecule has 180 valence electrons. The zero-order valence-electron chi connectivity index (χ0n) is 19.4. The molecule has 1 aromatic heterocycles. The van der Waals surface area contributed by atoms with Crippen molar-refractivity contribution in [1.82, 2.24) is 4.98 Å². The summed E-state index contributed by atoms with van der Waals surface area (Å²) in [6, 6.07) is 4.81. The summed E-state index contributed by atoms with van der Waals surface area (Å²) >= 11 is 6.30. The molecule has 2 aromatic rings. The van der Waals surface area contributed by atoms with Gasteiger partial charge < -0.3 is 18.9 Å². The van der Waals surface area contributed by atoms with Gasteiger partial charge in [-0.1, -0.05) is 38.3 Å². The molecule has 33 heavy (non-hydrogen) atoms. The van der Waals surface area contributed by atoms with E-state index in [9.17, 15) is 14.4 Å². The van der Waals surface area contributed by atoms with Crippen LogP contribution in [0.2, 0.25) is 5.02 Å². The lowest BCUT2D eigenvalue weighted by Crippen LogP contribution is -2.30. The highest BCUT2D eigenvalue weighted by Crippen LogP contribution is 2.30. The van der Waals surface area contributed by atoms with Crippen molar-refractivity contribution in [3.05, 3.63) is 34.3 Å². The minimum atomic E-state index is -1.17. The van der Waals surface area contributed by atoms with Gasteiger partial charge in [-0.15, -0.1) is 0 Å². The third-order valence-corrected chi connectivity index (χ3v) is 5.22. The molecular formula is C24H30ClNO7. The third kappa shape index (κ3) is 7.05. The van der Waals surface area contributed by atoms with Crippen molar-refractivity contribution in [2.75, 3.05) is 27.4 Å². The number of ether oxygens (including phenoxy) is 4. The molecule has 0 amide bonds. The van der Waals surface area contributed by atoms with Crippen molar-refractivity contribution >= 4 is 40.4 Å². The first-order valence-electron chi connectivity index (χ1n) is 10.9.